The van der Waals surface area contributed by atoms with Crippen LogP contribution in [0, 0.1) is 6.92 Å². The Hall–Kier alpha value is -3.31. The van der Waals surface area contributed by atoms with Crippen LogP contribution in [0.3, 0.4) is 0 Å². The van der Waals surface area contributed by atoms with E-state index in [1.165, 1.54) is 0 Å². The second kappa shape index (κ2) is 13.0. The molecule has 0 saturated heterocycles. The van der Waals surface area contributed by atoms with Crippen LogP contribution in [0.1, 0.15) is 37.0 Å². The number of aryl methyl sites for hydroxylation is 1. The van der Waals surface area contributed by atoms with Gasteiger partial charge in [0.25, 0.3) is 5.91 Å². The van der Waals surface area contributed by atoms with Crippen LogP contribution in [0.5, 0.6) is 5.75 Å². The summed E-state index contributed by atoms with van der Waals surface area (Å²) in [5.74, 6) is 0.209. The van der Waals surface area contributed by atoms with Crippen molar-refractivity contribution < 1.29 is 14.3 Å². The fourth-order valence-corrected chi connectivity index (χ4v) is 3.85. The van der Waals surface area contributed by atoms with Crippen molar-refractivity contribution in [3.63, 3.8) is 0 Å². The third kappa shape index (κ3) is 7.86. The molecule has 0 heterocycles. The minimum atomic E-state index is -0.699. The predicted molar refractivity (Wildman–Crippen MR) is 141 cm³/mol. The molecule has 6 heteroatoms. The molecule has 0 spiro atoms. The first-order valence-electron chi connectivity index (χ1n) is 11.9. The summed E-state index contributed by atoms with van der Waals surface area (Å²) < 4.78 is 5.87. The highest BCUT2D eigenvalue weighted by atomic mass is 35.5. The summed E-state index contributed by atoms with van der Waals surface area (Å²) in [4.78, 5) is 28.7. The highest BCUT2D eigenvalue weighted by molar-refractivity contribution is 6.30. The molecule has 3 rings (SSSR count). The van der Waals surface area contributed by atoms with Crippen molar-refractivity contribution in [2.24, 2.45) is 0 Å². The zero-order chi connectivity index (χ0) is 25.2. The molecule has 0 unspecified atom stereocenters. The van der Waals surface area contributed by atoms with Gasteiger partial charge in [0.05, 0.1) is 0 Å². The lowest BCUT2D eigenvalue weighted by molar-refractivity contribution is -0.143. The predicted octanol–water partition coefficient (Wildman–Crippen LogP) is 5.58. The molecule has 0 radical (unpaired) electrons. The molecule has 1 N–H and O–H groups in total. The molecule has 0 saturated carbocycles. The van der Waals surface area contributed by atoms with Crippen molar-refractivity contribution in [1.29, 1.82) is 0 Å². The lowest BCUT2D eigenvalue weighted by atomic mass is 10.0. The summed E-state index contributed by atoms with van der Waals surface area (Å²) in [6.07, 6.45) is 1.19. The fourth-order valence-electron chi connectivity index (χ4n) is 3.72. The van der Waals surface area contributed by atoms with Crippen molar-refractivity contribution in [2.75, 3.05) is 6.61 Å². The van der Waals surface area contributed by atoms with Gasteiger partial charge in [0, 0.05) is 24.0 Å². The number of amides is 2. The first-order valence-corrected chi connectivity index (χ1v) is 12.3. The third-order valence-corrected chi connectivity index (χ3v) is 6.24. The van der Waals surface area contributed by atoms with Crippen molar-refractivity contribution in [2.45, 2.75) is 52.2 Å². The van der Waals surface area contributed by atoms with Gasteiger partial charge in [-0.3, -0.25) is 9.59 Å². The number of nitrogens with zero attached hydrogens (tertiary/aromatic N) is 1. The zero-order valence-corrected chi connectivity index (χ0v) is 21.3. The second-order valence-electron chi connectivity index (χ2n) is 8.73. The normalized spacial score (nSPS) is 12.5. The van der Waals surface area contributed by atoms with E-state index >= 15 is 0 Å². The summed E-state index contributed by atoms with van der Waals surface area (Å²) in [6.45, 7) is 6.01. The van der Waals surface area contributed by atoms with Crippen LogP contribution in [-0.4, -0.2) is 35.4 Å². The minimum absolute atomic E-state index is 0.00326. The first kappa shape index (κ1) is 26.3. The number of rotatable bonds is 11. The van der Waals surface area contributed by atoms with Crippen molar-refractivity contribution in [3.05, 3.63) is 101 Å². The summed E-state index contributed by atoms with van der Waals surface area (Å²) in [5.41, 5.74) is 2.80. The lowest BCUT2D eigenvalue weighted by Crippen LogP contribution is -2.53. The second-order valence-corrected chi connectivity index (χ2v) is 9.16. The number of nitrogens with one attached hydrogen (secondary N) is 1. The van der Waals surface area contributed by atoms with Gasteiger partial charge in [-0.2, -0.15) is 0 Å². The van der Waals surface area contributed by atoms with E-state index in [1.54, 1.807) is 17.0 Å². The van der Waals surface area contributed by atoms with Gasteiger partial charge < -0.3 is 15.0 Å². The summed E-state index contributed by atoms with van der Waals surface area (Å²) in [6, 6.07) is 23.9. The monoisotopic (exact) mass is 492 g/mol. The van der Waals surface area contributed by atoms with Gasteiger partial charge in [0.15, 0.2) is 6.61 Å². The van der Waals surface area contributed by atoms with Crippen LogP contribution in [-0.2, 0) is 22.6 Å². The Morgan fingerprint density at radius 2 is 1.60 bits per heavy atom. The van der Waals surface area contributed by atoms with E-state index in [2.05, 4.69) is 5.32 Å². The highest BCUT2D eigenvalue weighted by Gasteiger charge is 2.31. The molecule has 0 aliphatic rings. The Bertz CT molecular complexity index is 1100. The molecule has 0 aliphatic heterocycles. The van der Waals surface area contributed by atoms with Crippen LogP contribution < -0.4 is 10.1 Å². The van der Waals surface area contributed by atoms with E-state index in [0.29, 0.717) is 17.2 Å². The van der Waals surface area contributed by atoms with Gasteiger partial charge in [-0.1, -0.05) is 79.2 Å². The third-order valence-electron chi connectivity index (χ3n) is 5.98. The number of carbonyl (C=O) groups excluding carboxylic acids is 2. The number of ether oxygens (including phenoxy) is 1. The molecule has 2 atom stereocenters. The molecule has 5 nitrogen and oxygen atoms in total. The van der Waals surface area contributed by atoms with Gasteiger partial charge >= 0.3 is 0 Å². The quantitative estimate of drug-likeness (QED) is 0.380. The molecule has 0 aromatic heterocycles. The molecule has 35 heavy (non-hydrogen) atoms. The minimum Gasteiger partial charge on any atom is -0.484 e. The van der Waals surface area contributed by atoms with E-state index in [-0.39, 0.29) is 31.0 Å². The Labute approximate surface area is 213 Å². The van der Waals surface area contributed by atoms with Gasteiger partial charge in [0.1, 0.15) is 11.8 Å². The molecule has 184 valence electrons. The molecule has 3 aromatic rings. The number of benzene rings is 3. The first-order chi connectivity index (χ1) is 16.9. The molecule has 0 aliphatic carbocycles. The average Bonchev–Trinajstić information content (AvgIpc) is 2.87. The zero-order valence-electron chi connectivity index (χ0n) is 20.5. The topological polar surface area (TPSA) is 58.6 Å². The van der Waals surface area contributed by atoms with E-state index < -0.39 is 6.04 Å². The highest BCUT2D eigenvalue weighted by Crippen LogP contribution is 2.19. The van der Waals surface area contributed by atoms with Crippen LogP contribution in [0.25, 0.3) is 0 Å². The van der Waals surface area contributed by atoms with Crippen molar-refractivity contribution >= 4 is 23.4 Å². The largest absolute Gasteiger partial charge is 0.484 e. The SMILES string of the molecule is CC[C@@H](C)NC(=O)[C@H](Cc1ccccc1)N(Cc1ccc(Cl)cc1)C(=O)COc1ccccc1C. The maximum absolute atomic E-state index is 13.6. The lowest BCUT2D eigenvalue weighted by Gasteiger charge is -2.32. The van der Waals surface area contributed by atoms with E-state index in [0.717, 1.165) is 23.1 Å². The van der Waals surface area contributed by atoms with Crippen molar-refractivity contribution in [3.8, 4) is 5.75 Å². The average molecular weight is 493 g/mol. The van der Waals surface area contributed by atoms with Gasteiger partial charge in [0.2, 0.25) is 5.91 Å². The number of hydrogen-bond donors (Lipinski definition) is 1. The maximum Gasteiger partial charge on any atom is 0.261 e. The summed E-state index contributed by atoms with van der Waals surface area (Å²) in [5, 5.41) is 3.68. The molecular formula is C29H33ClN2O3. The van der Waals surface area contributed by atoms with Crippen LogP contribution in [0.15, 0.2) is 78.9 Å². The smallest absolute Gasteiger partial charge is 0.261 e. The van der Waals surface area contributed by atoms with Crippen molar-refractivity contribution in [1.82, 2.24) is 10.2 Å². The number of carbonyl (C=O) groups is 2. The van der Waals surface area contributed by atoms with Gasteiger partial charge in [-0.25, -0.2) is 0 Å². The molecule has 0 bridgehead atoms. The van der Waals surface area contributed by atoms with E-state index in [9.17, 15) is 9.59 Å². The van der Waals surface area contributed by atoms with Gasteiger partial charge in [-0.15, -0.1) is 0 Å². The Morgan fingerprint density at radius 1 is 0.943 bits per heavy atom. The van der Waals surface area contributed by atoms with Gasteiger partial charge in [-0.05, 0) is 55.2 Å². The number of para-hydroxylation sites is 1. The molecule has 3 aromatic carbocycles. The summed E-state index contributed by atoms with van der Waals surface area (Å²) in [7, 11) is 0. The van der Waals surface area contributed by atoms with Crippen LogP contribution >= 0.6 is 11.6 Å². The van der Waals surface area contributed by atoms with E-state index in [4.69, 9.17) is 16.3 Å². The van der Waals surface area contributed by atoms with Crippen LogP contribution in [0.2, 0.25) is 5.02 Å². The van der Waals surface area contributed by atoms with E-state index in [1.807, 2.05) is 87.5 Å². The number of hydrogen-bond acceptors (Lipinski definition) is 3. The molecule has 2 amide bonds. The Balaban J connectivity index is 1.91. The fraction of sp³-hybridized carbons (Fsp3) is 0.310. The number of halogens is 1. The standard InChI is InChI=1S/C29H33ClN2O3/c1-4-22(3)31-29(34)26(18-23-11-6-5-7-12-23)32(19-24-14-16-25(30)17-15-24)28(33)20-35-27-13-9-8-10-21(27)2/h5-17,22,26H,4,18-20H2,1-3H3,(H,31,34)/t22-,26+/m1/s1. The Morgan fingerprint density at radius 3 is 2.26 bits per heavy atom. The Kier molecular flexibility index (Phi) is 9.74. The maximum atomic E-state index is 13.6. The molecule has 0 fully saturated rings. The summed E-state index contributed by atoms with van der Waals surface area (Å²) >= 11 is 6.07. The van der Waals surface area contributed by atoms with Crippen LogP contribution in [0.4, 0.5) is 0 Å². The molecular weight excluding hydrogens is 460 g/mol.